The molecule has 2 aromatic rings. The molecule has 92 valence electrons. The Morgan fingerprint density at radius 2 is 2.00 bits per heavy atom. The molecule has 0 unspecified atom stereocenters. The standard InChI is InChI=1S/C13H11FN2OS/c1-9-6-11(7-17)16-13(15-9)8-18-12-4-2-10(14)3-5-12/h2-7H,8H2,1H3. The number of hydrogen-bond donors (Lipinski definition) is 0. The van der Waals surface area contributed by atoms with Crippen LogP contribution >= 0.6 is 11.8 Å². The summed E-state index contributed by atoms with van der Waals surface area (Å²) in [6.07, 6.45) is 0.709. The molecule has 0 N–H and O–H groups in total. The van der Waals surface area contributed by atoms with E-state index < -0.39 is 0 Å². The summed E-state index contributed by atoms with van der Waals surface area (Å²) >= 11 is 1.50. The third kappa shape index (κ3) is 3.37. The lowest BCUT2D eigenvalue weighted by molar-refractivity contribution is 0.111. The molecule has 0 amide bonds. The molecular weight excluding hydrogens is 251 g/mol. The highest BCUT2D eigenvalue weighted by Gasteiger charge is 2.03. The Kier molecular flexibility index (Phi) is 4.04. The number of rotatable bonds is 4. The number of carbonyl (C=O) groups excluding carboxylic acids is 1. The molecule has 0 radical (unpaired) electrons. The van der Waals surface area contributed by atoms with Crippen molar-refractivity contribution in [3.05, 3.63) is 53.4 Å². The number of nitrogens with zero attached hydrogens (tertiary/aromatic N) is 2. The third-order valence-corrected chi connectivity index (χ3v) is 3.23. The normalized spacial score (nSPS) is 10.3. The maximum absolute atomic E-state index is 12.7. The van der Waals surface area contributed by atoms with Crippen LogP contribution in [0, 0.1) is 12.7 Å². The van der Waals surface area contributed by atoms with Crippen molar-refractivity contribution in [3.8, 4) is 0 Å². The maximum Gasteiger partial charge on any atom is 0.168 e. The molecule has 0 saturated carbocycles. The van der Waals surface area contributed by atoms with Gasteiger partial charge in [-0.15, -0.1) is 11.8 Å². The number of hydrogen-bond acceptors (Lipinski definition) is 4. The minimum atomic E-state index is -0.255. The summed E-state index contributed by atoms with van der Waals surface area (Å²) < 4.78 is 12.7. The van der Waals surface area contributed by atoms with Gasteiger partial charge in [-0.2, -0.15) is 0 Å². The van der Waals surface area contributed by atoms with Gasteiger partial charge in [0.2, 0.25) is 0 Å². The van der Waals surface area contributed by atoms with Gasteiger partial charge >= 0.3 is 0 Å². The topological polar surface area (TPSA) is 42.9 Å². The monoisotopic (exact) mass is 262 g/mol. The van der Waals surface area contributed by atoms with E-state index in [2.05, 4.69) is 9.97 Å². The van der Waals surface area contributed by atoms with E-state index in [9.17, 15) is 9.18 Å². The van der Waals surface area contributed by atoms with Crippen molar-refractivity contribution in [3.63, 3.8) is 0 Å². The van der Waals surface area contributed by atoms with E-state index in [0.717, 1.165) is 10.6 Å². The molecule has 0 aliphatic rings. The first kappa shape index (κ1) is 12.7. The van der Waals surface area contributed by atoms with Crippen molar-refractivity contribution >= 4 is 18.0 Å². The number of aromatic nitrogens is 2. The largest absolute Gasteiger partial charge is 0.296 e. The summed E-state index contributed by atoms with van der Waals surface area (Å²) in [6.45, 7) is 1.82. The van der Waals surface area contributed by atoms with Gasteiger partial charge in [-0.1, -0.05) is 0 Å². The van der Waals surface area contributed by atoms with Crippen LogP contribution in [0.25, 0.3) is 0 Å². The lowest BCUT2D eigenvalue weighted by atomic mass is 10.3. The van der Waals surface area contributed by atoms with Crippen LogP contribution in [0.1, 0.15) is 22.0 Å². The molecule has 0 atom stereocenters. The molecule has 3 nitrogen and oxygen atoms in total. The van der Waals surface area contributed by atoms with Crippen LogP contribution in [0.3, 0.4) is 0 Å². The van der Waals surface area contributed by atoms with Crippen molar-refractivity contribution in [2.24, 2.45) is 0 Å². The molecule has 1 heterocycles. The second kappa shape index (κ2) is 5.73. The summed E-state index contributed by atoms with van der Waals surface area (Å²) in [4.78, 5) is 20.0. The van der Waals surface area contributed by atoms with Crippen LogP contribution in [0.5, 0.6) is 0 Å². The minimum absolute atomic E-state index is 0.255. The van der Waals surface area contributed by atoms with Crippen LogP contribution in [-0.4, -0.2) is 16.3 Å². The van der Waals surface area contributed by atoms with Gasteiger partial charge in [0.25, 0.3) is 0 Å². The predicted molar refractivity (Wildman–Crippen MR) is 68.1 cm³/mol. The summed E-state index contributed by atoms with van der Waals surface area (Å²) in [5, 5.41) is 0. The second-order valence-electron chi connectivity index (χ2n) is 3.71. The Morgan fingerprint density at radius 1 is 1.28 bits per heavy atom. The number of aldehydes is 1. The van der Waals surface area contributed by atoms with Crippen molar-refractivity contribution in [1.29, 1.82) is 0 Å². The average Bonchev–Trinajstić information content (AvgIpc) is 2.37. The van der Waals surface area contributed by atoms with Crippen LogP contribution in [-0.2, 0) is 5.75 Å². The number of thioether (sulfide) groups is 1. The molecule has 0 aliphatic heterocycles. The van der Waals surface area contributed by atoms with Gasteiger partial charge in [0.1, 0.15) is 17.3 Å². The fourth-order valence-corrected chi connectivity index (χ4v) is 2.21. The zero-order chi connectivity index (χ0) is 13.0. The van der Waals surface area contributed by atoms with Gasteiger partial charge in [0, 0.05) is 10.6 Å². The summed E-state index contributed by atoms with van der Waals surface area (Å²) in [5.74, 6) is 0.898. The molecule has 18 heavy (non-hydrogen) atoms. The summed E-state index contributed by atoms with van der Waals surface area (Å²) in [5.41, 5.74) is 1.15. The van der Waals surface area contributed by atoms with E-state index in [4.69, 9.17) is 0 Å². The number of halogens is 1. The molecule has 0 saturated heterocycles. The van der Waals surface area contributed by atoms with Gasteiger partial charge in [-0.05, 0) is 37.3 Å². The molecular formula is C13H11FN2OS. The molecule has 0 aliphatic carbocycles. The summed E-state index contributed by atoms with van der Waals surface area (Å²) in [6, 6.07) is 7.87. The van der Waals surface area contributed by atoms with E-state index in [1.54, 1.807) is 18.2 Å². The molecule has 2 rings (SSSR count). The van der Waals surface area contributed by atoms with Gasteiger partial charge < -0.3 is 0 Å². The highest BCUT2D eigenvalue weighted by Crippen LogP contribution is 2.21. The first-order valence-corrected chi connectivity index (χ1v) is 6.34. The molecule has 0 spiro atoms. The van der Waals surface area contributed by atoms with Gasteiger partial charge in [0.15, 0.2) is 6.29 Å². The Morgan fingerprint density at radius 3 is 2.67 bits per heavy atom. The second-order valence-corrected chi connectivity index (χ2v) is 4.76. The van der Waals surface area contributed by atoms with Gasteiger partial charge in [-0.3, -0.25) is 4.79 Å². The van der Waals surface area contributed by atoms with E-state index in [1.807, 2.05) is 6.92 Å². The average molecular weight is 262 g/mol. The van der Waals surface area contributed by atoms with E-state index in [0.29, 0.717) is 23.6 Å². The lowest BCUT2D eigenvalue weighted by Gasteiger charge is -2.03. The smallest absolute Gasteiger partial charge is 0.168 e. The molecule has 0 bridgehead atoms. The Hall–Kier alpha value is -1.75. The molecule has 5 heteroatoms. The number of carbonyl (C=O) groups is 1. The quantitative estimate of drug-likeness (QED) is 0.627. The minimum Gasteiger partial charge on any atom is -0.296 e. The van der Waals surface area contributed by atoms with Crippen LogP contribution < -0.4 is 0 Å². The lowest BCUT2D eigenvalue weighted by Crippen LogP contribution is -1.99. The van der Waals surface area contributed by atoms with E-state index in [-0.39, 0.29) is 5.82 Å². The first-order chi connectivity index (χ1) is 8.67. The molecule has 1 aromatic heterocycles. The third-order valence-electron chi connectivity index (χ3n) is 2.22. The van der Waals surface area contributed by atoms with Gasteiger partial charge in [0.05, 0.1) is 5.75 Å². The number of benzene rings is 1. The Balaban J connectivity index is 2.08. The van der Waals surface area contributed by atoms with E-state index >= 15 is 0 Å². The maximum atomic E-state index is 12.7. The van der Waals surface area contributed by atoms with Crippen LogP contribution in [0.15, 0.2) is 35.2 Å². The highest BCUT2D eigenvalue weighted by atomic mass is 32.2. The summed E-state index contributed by atoms with van der Waals surface area (Å²) in [7, 11) is 0. The van der Waals surface area contributed by atoms with Gasteiger partial charge in [-0.25, -0.2) is 14.4 Å². The molecule has 1 aromatic carbocycles. The predicted octanol–water partition coefficient (Wildman–Crippen LogP) is 3.03. The SMILES string of the molecule is Cc1cc(C=O)nc(CSc2ccc(F)cc2)n1. The zero-order valence-corrected chi connectivity index (χ0v) is 10.6. The molecule has 0 fully saturated rings. The van der Waals surface area contributed by atoms with E-state index in [1.165, 1.54) is 23.9 Å². The Bertz CT molecular complexity index is 557. The van der Waals surface area contributed by atoms with Crippen molar-refractivity contribution in [2.75, 3.05) is 0 Å². The fourth-order valence-electron chi connectivity index (χ4n) is 1.46. The van der Waals surface area contributed by atoms with Crippen molar-refractivity contribution < 1.29 is 9.18 Å². The zero-order valence-electron chi connectivity index (χ0n) is 9.76. The highest BCUT2D eigenvalue weighted by molar-refractivity contribution is 7.98. The van der Waals surface area contributed by atoms with Crippen LogP contribution in [0.2, 0.25) is 0 Å². The number of aryl methyl sites for hydroxylation is 1. The first-order valence-electron chi connectivity index (χ1n) is 5.35. The fraction of sp³-hybridized carbons (Fsp3) is 0.154. The van der Waals surface area contributed by atoms with Crippen molar-refractivity contribution in [2.45, 2.75) is 17.6 Å². The Labute approximate surface area is 108 Å². The van der Waals surface area contributed by atoms with Crippen LogP contribution in [0.4, 0.5) is 4.39 Å². The van der Waals surface area contributed by atoms with Crippen molar-refractivity contribution in [1.82, 2.24) is 9.97 Å².